The van der Waals surface area contributed by atoms with E-state index in [2.05, 4.69) is 249 Å². The van der Waals surface area contributed by atoms with Crippen molar-refractivity contribution in [2.45, 2.75) is 200 Å². The van der Waals surface area contributed by atoms with E-state index in [0.717, 1.165) is 49.3 Å². The zero-order valence-corrected chi connectivity index (χ0v) is 50.7. The van der Waals surface area contributed by atoms with Gasteiger partial charge < -0.3 is 9.32 Å². The van der Waals surface area contributed by atoms with Crippen molar-refractivity contribution >= 4 is 68.4 Å². The number of rotatable bonds is 3. The molecule has 0 amide bonds. The van der Waals surface area contributed by atoms with E-state index < -0.39 is 0 Å². The number of hydrogen-bond donors (Lipinski definition) is 0. The monoisotopic (exact) mass is 1040 g/mol. The molecule has 79 heavy (non-hydrogen) atoms. The van der Waals surface area contributed by atoms with Crippen LogP contribution in [0.15, 0.2) is 126 Å². The van der Waals surface area contributed by atoms with Gasteiger partial charge >= 0.3 is 0 Å². The first-order valence-electron chi connectivity index (χ1n) is 30.1. The Bertz CT molecular complexity index is 3940. The lowest BCUT2D eigenvalue weighted by atomic mass is 9.33. The Labute approximate surface area is 473 Å². The number of anilines is 6. The average molecular weight is 1040 g/mol. The van der Waals surface area contributed by atoms with E-state index in [1.807, 2.05) is 0 Å². The fraction of sp³-hybridized carbons (Fsp3) is 0.413. The van der Waals surface area contributed by atoms with E-state index in [1.165, 1.54) is 123 Å². The van der Waals surface area contributed by atoms with Crippen molar-refractivity contribution in [3.05, 3.63) is 171 Å². The fourth-order valence-electron chi connectivity index (χ4n) is 16.1. The molecule has 3 heterocycles. The van der Waals surface area contributed by atoms with Crippen LogP contribution in [0.2, 0.25) is 0 Å². The molecule has 0 N–H and O–H groups in total. The summed E-state index contributed by atoms with van der Waals surface area (Å²) in [5.74, 6) is 0.941. The molecule has 14 rings (SSSR count). The molecule has 2 aliphatic heterocycles. The van der Waals surface area contributed by atoms with Gasteiger partial charge in [0.05, 0.1) is 0 Å². The maximum atomic E-state index is 7.73. The van der Waals surface area contributed by atoms with Crippen molar-refractivity contribution in [1.29, 1.82) is 0 Å². The third-order valence-corrected chi connectivity index (χ3v) is 21.6. The second-order valence-corrected chi connectivity index (χ2v) is 31.0. The fourth-order valence-corrected chi connectivity index (χ4v) is 16.1. The number of hydrogen-bond acceptors (Lipinski definition) is 3. The van der Waals surface area contributed by atoms with Crippen LogP contribution in [0, 0.1) is 0 Å². The van der Waals surface area contributed by atoms with Crippen LogP contribution in [0.1, 0.15) is 206 Å². The number of fused-ring (bicyclic) bond motifs is 12. The van der Waals surface area contributed by atoms with Crippen LogP contribution in [0.3, 0.4) is 0 Å². The van der Waals surface area contributed by atoms with Gasteiger partial charge in [0.2, 0.25) is 5.88 Å². The molecule has 0 unspecified atom stereocenters. The Balaban J connectivity index is 1.14. The summed E-state index contributed by atoms with van der Waals surface area (Å²) in [6.07, 6.45) is 6.94. The van der Waals surface area contributed by atoms with Gasteiger partial charge in [0.15, 0.2) is 0 Å². The van der Waals surface area contributed by atoms with Gasteiger partial charge in [0.1, 0.15) is 5.58 Å². The third kappa shape index (κ3) is 7.23. The molecule has 0 radical (unpaired) electrons. The molecule has 0 atom stereocenters. The quantitative estimate of drug-likeness (QED) is 0.164. The molecule has 0 fully saturated rings. The first kappa shape index (κ1) is 50.9. The molecule has 3 nitrogen and oxygen atoms in total. The minimum absolute atomic E-state index is 0.00108. The number of furan rings is 1. The average Bonchev–Trinajstić information content (AvgIpc) is 3.81. The Morgan fingerprint density at radius 1 is 0.405 bits per heavy atom. The maximum Gasteiger partial charge on any atom is 0.257 e. The summed E-state index contributed by atoms with van der Waals surface area (Å²) in [6.45, 7) is 41.4. The topological polar surface area (TPSA) is 19.6 Å². The first-order valence-corrected chi connectivity index (χ1v) is 30.1. The van der Waals surface area contributed by atoms with Gasteiger partial charge in [-0.2, -0.15) is 0 Å². The first-order chi connectivity index (χ1) is 37.0. The molecular weight excluding hydrogens is 956 g/mol. The van der Waals surface area contributed by atoms with E-state index in [-0.39, 0.29) is 50.0 Å². The zero-order chi connectivity index (χ0) is 55.7. The SMILES string of the molecule is CC(C)(C)c1ccc(N2c3cc(-c4ccc5c(c4)-c4ccccc4C5(C)C)cc4c3B(c3cc5c(cc3N4c3ccc4c(c3)C(C)(C)CCC4(C)C)C(C)(C)CCC5(C)C)c3c2oc2cc4c(cc32)C(C)(C)CCC4(C)C)cc1. The Morgan fingerprint density at radius 3 is 1.53 bits per heavy atom. The van der Waals surface area contributed by atoms with Gasteiger partial charge in [-0.1, -0.05) is 178 Å². The van der Waals surface area contributed by atoms with E-state index in [9.17, 15) is 0 Å². The summed E-state index contributed by atoms with van der Waals surface area (Å²) in [5, 5.41) is 1.25. The van der Waals surface area contributed by atoms with Crippen LogP contribution in [0.4, 0.5) is 34.3 Å². The summed E-state index contributed by atoms with van der Waals surface area (Å²) in [6, 6.07) is 49.1. The largest absolute Gasteiger partial charge is 0.440 e. The molecule has 7 aromatic carbocycles. The van der Waals surface area contributed by atoms with Crippen LogP contribution in [0.25, 0.3) is 33.2 Å². The van der Waals surface area contributed by atoms with E-state index in [4.69, 9.17) is 4.42 Å². The van der Waals surface area contributed by atoms with Crippen LogP contribution < -0.4 is 26.2 Å². The van der Waals surface area contributed by atoms with Gasteiger partial charge in [0, 0.05) is 44.7 Å². The number of nitrogens with zero attached hydrogens (tertiary/aromatic N) is 2. The minimum Gasteiger partial charge on any atom is -0.440 e. The summed E-state index contributed by atoms with van der Waals surface area (Å²) in [7, 11) is 0. The highest BCUT2D eigenvalue weighted by atomic mass is 16.4. The standard InChI is InChI=1S/C75H83BN2O/c1-68(2,3)46-23-25-47(26-24-46)78-63-38-45(44-22-28-53-50(36-44)49-20-18-19-21-52(49)75(53,16)17)37-62-66(63)76(65-51-40-56-59(43-64(51)79-67(65)78)74(14,15)35-32-71(56,8)9)60-41-57-58(73(12,13)34-33-72(57,10)11)42-61(60)77(62)48-27-29-54-55(39-48)70(6,7)31-30-69(54,4)5/h18-29,36-43H,30-35H2,1-17H3. The predicted octanol–water partition coefficient (Wildman–Crippen LogP) is 18.8. The lowest BCUT2D eigenvalue weighted by Crippen LogP contribution is -2.61. The Kier molecular flexibility index (Phi) is 10.3. The molecule has 0 saturated heterocycles. The second kappa shape index (κ2) is 16.0. The smallest absolute Gasteiger partial charge is 0.257 e. The summed E-state index contributed by atoms with van der Waals surface area (Å²) < 4.78 is 7.73. The van der Waals surface area contributed by atoms with Crippen molar-refractivity contribution in [2.24, 2.45) is 0 Å². The molecule has 4 aliphatic carbocycles. The molecule has 0 spiro atoms. The summed E-state index contributed by atoms with van der Waals surface area (Å²) in [4.78, 5) is 5.27. The highest BCUT2D eigenvalue weighted by Gasteiger charge is 2.50. The summed E-state index contributed by atoms with van der Waals surface area (Å²) >= 11 is 0. The lowest BCUT2D eigenvalue weighted by molar-refractivity contribution is 0.332. The molecule has 6 aliphatic rings. The molecular formula is C75H83BN2O. The molecule has 8 aromatic rings. The minimum atomic E-state index is -0.101. The molecule has 0 bridgehead atoms. The highest BCUT2D eigenvalue weighted by Crippen LogP contribution is 2.56. The van der Waals surface area contributed by atoms with Crippen molar-refractivity contribution in [3.63, 3.8) is 0 Å². The normalized spacial score (nSPS) is 20.5. The van der Waals surface area contributed by atoms with Crippen LogP contribution in [-0.2, 0) is 43.3 Å². The van der Waals surface area contributed by atoms with Gasteiger partial charge in [-0.3, -0.25) is 4.90 Å². The molecule has 4 heteroatoms. The van der Waals surface area contributed by atoms with Crippen LogP contribution in [-0.4, -0.2) is 6.71 Å². The zero-order valence-electron chi connectivity index (χ0n) is 50.7. The second-order valence-electron chi connectivity index (χ2n) is 31.0. The highest BCUT2D eigenvalue weighted by molar-refractivity contribution is 7.01. The van der Waals surface area contributed by atoms with Gasteiger partial charge in [-0.05, 0) is 220 Å². The van der Waals surface area contributed by atoms with Crippen LogP contribution >= 0.6 is 0 Å². The Hall–Kier alpha value is -6.26. The van der Waals surface area contributed by atoms with Gasteiger partial charge in [-0.15, -0.1) is 0 Å². The van der Waals surface area contributed by atoms with Crippen molar-refractivity contribution < 1.29 is 4.42 Å². The molecule has 402 valence electrons. The van der Waals surface area contributed by atoms with Gasteiger partial charge in [0.25, 0.3) is 6.71 Å². The van der Waals surface area contributed by atoms with E-state index >= 15 is 0 Å². The third-order valence-electron chi connectivity index (χ3n) is 21.6. The maximum absolute atomic E-state index is 7.73. The van der Waals surface area contributed by atoms with Gasteiger partial charge in [-0.25, -0.2) is 0 Å². The molecule has 1 aromatic heterocycles. The lowest BCUT2D eigenvalue weighted by Gasteiger charge is -2.47. The number of benzene rings is 7. The predicted molar refractivity (Wildman–Crippen MR) is 338 cm³/mol. The van der Waals surface area contributed by atoms with E-state index in [1.54, 1.807) is 0 Å². The van der Waals surface area contributed by atoms with Crippen molar-refractivity contribution in [1.82, 2.24) is 0 Å². The summed E-state index contributed by atoms with van der Waals surface area (Å²) in [5.41, 5.74) is 29.2. The van der Waals surface area contributed by atoms with E-state index in [0.29, 0.717) is 0 Å². The Morgan fingerprint density at radius 2 is 0.911 bits per heavy atom. The molecule has 0 saturated carbocycles. The van der Waals surface area contributed by atoms with Crippen molar-refractivity contribution in [2.75, 3.05) is 9.80 Å². The van der Waals surface area contributed by atoms with Crippen molar-refractivity contribution in [3.8, 4) is 22.3 Å². The van der Waals surface area contributed by atoms with Crippen LogP contribution in [0.5, 0.6) is 0 Å².